The van der Waals surface area contributed by atoms with Gasteiger partial charge in [0.25, 0.3) is 0 Å². The van der Waals surface area contributed by atoms with E-state index in [9.17, 15) is 4.39 Å². The highest BCUT2D eigenvalue weighted by Crippen LogP contribution is 2.36. The highest BCUT2D eigenvalue weighted by molar-refractivity contribution is 6.30. The van der Waals surface area contributed by atoms with Gasteiger partial charge in [-0.05, 0) is 49.9 Å². The Morgan fingerprint density at radius 3 is 2.65 bits per heavy atom. The Bertz CT molecular complexity index is 446. The third kappa shape index (κ3) is 3.94. The van der Waals surface area contributed by atoms with E-state index in [-0.39, 0.29) is 11.9 Å². The maximum Gasteiger partial charge on any atom is 0.128 e. The molecule has 1 saturated carbocycles. The molecule has 1 aliphatic rings. The van der Waals surface area contributed by atoms with E-state index in [1.165, 1.54) is 18.9 Å². The molecular formula is C16H24ClFN2. The van der Waals surface area contributed by atoms with Crippen LogP contribution in [0.5, 0.6) is 0 Å². The van der Waals surface area contributed by atoms with Gasteiger partial charge in [0, 0.05) is 23.2 Å². The molecule has 2 rings (SSSR count). The minimum absolute atomic E-state index is 0.0695. The van der Waals surface area contributed by atoms with Crippen molar-refractivity contribution in [2.75, 3.05) is 13.1 Å². The Labute approximate surface area is 126 Å². The molecular weight excluding hydrogens is 275 g/mol. The van der Waals surface area contributed by atoms with Crippen LogP contribution in [0.1, 0.15) is 44.7 Å². The van der Waals surface area contributed by atoms with Gasteiger partial charge in [0.1, 0.15) is 5.82 Å². The van der Waals surface area contributed by atoms with E-state index in [0.717, 1.165) is 13.0 Å². The minimum Gasteiger partial charge on any atom is -0.329 e. The van der Waals surface area contributed by atoms with E-state index in [1.54, 1.807) is 12.1 Å². The number of nitrogens with zero attached hydrogens (tertiary/aromatic N) is 1. The van der Waals surface area contributed by atoms with E-state index in [4.69, 9.17) is 17.3 Å². The van der Waals surface area contributed by atoms with Gasteiger partial charge in [-0.15, -0.1) is 0 Å². The first-order valence-corrected chi connectivity index (χ1v) is 7.81. The number of halogens is 2. The Kier molecular flexibility index (Phi) is 5.42. The van der Waals surface area contributed by atoms with Crippen LogP contribution in [0.2, 0.25) is 5.02 Å². The summed E-state index contributed by atoms with van der Waals surface area (Å²) in [5.74, 6) is 0.430. The maximum atomic E-state index is 14.1. The molecule has 0 aromatic heterocycles. The summed E-state index contributed by atoms with van der Waals surface area (Å²) in [6, 6.07) is 5.23. The van der Waals surface area contributed by atoms with Crippen molar-refractivity contribution in [3.05, 3.63) is 34.6 Å². The van der Waals surface area contributed by atoms with Crippen LogP contribution in [0.4, 0.5) is 4.39 Å². The molecule has 112 valence electrons. The molecule has 1 aromatic carbocycles. The molecule has 20 heavy (non-hydrogen) atoms. The second kappa shape index (κ2) is 6.88. The number of hydrogen-bond donors (Lipinski definition) is 1. The molecule has 0 amide bonds. The molecule has 1 fully saturated rings. The number of benzene rings is 1. The molecule has 0 radical (unpaired) electrons. The number of rotatable bonds is 7. The Hall–Kier alpha value is -0.640. The van der Waals surface area contributed by atoms with Crippen LogP contribution in [0, 0.1) is 11.7 Å². The average Bonchev–Trinajstić information content (AvgIpc) is 3.22. The molecule has 2 nitrogen and oxygen atoms in total. The summed E-state index contributed by atoms with van der Waals surface area (Å²) in [6.45, 7) is 5.81. The standard InChI is InChI=1S/C16H24ClFN2/c1-11(2)7-8-20(13-4-5-13)16(10-19)14-9-12(17)3-6-15(14)18/h3,6,9,11,13,16H,4-5,7-8,10,19H2,1-2H3. The zero-order valence-corrected chi connectivity index (χ0v) is 13.0. The molecule has 0 spiro atoms. The first-order valence-electron chi connectivity index (χ1n) is 7.43. The van der Waals surface area contributed by atoms with Gasteiger partial charge in [-0.1, -0.05) is 25.4 Å². The van der Waals surface area contributed by atoms with E-state index < -0.39 is 0 Å². The molecule has 0 saturated heterocycles. The van der Waals surface area contributed by atoms with Crippen LogP contribution in [0.3, 0.4) is 0 Å². The lowest BCUT2D eigenvalue weighted by molar-refractivity contribution is 0.177. The second-order valence-electron chi connectivity index (χ2n) is 6.07. The van der Waals surface area contributed by atoms with Gasteiger partial charge in [-0.2, -0.15) is 0 Å². The maximum absolute atomic E-state index is 14.1. The second-order valence-corrected chi connectivity index (χ2v) is 6.51. The predicted octanol–water partition coefficient (Wildman–Crippen LogP) is 3.99. The van der Waals surface area contributed by atoms with Crippen molar-refractivity contribution in [1.82, 2.24) is 4.90 Å². The largest absolute Gasteiger partial charge is 0.329 e. The molecule has 1 atom stereocenters. The van der Waals surface area contributed by atoms with Gasteiger partial charge in [0.15, 0.2) is 0 Å². The number of nitrogens with two attached hydrogens (primary N) is 1. The molecule has 4 heteroatoms. The third-order valence-corrected chi connectivity index (χ3v) is 4.16. The fraction of sp³-hybridized carbons (Fsp3) is 0.625. The van der Waals surface area contributed by atoms with E-state index in [1.807, 2.05) is 0 Å². The van der Waals surface area contributed by atoms with Gasteiger partial charge in [0.2, 0.25) is 0 Å². The van der Waals surface area contributed by atoms with Crippen LogP contribution in [0.25, 0.3) is 0 Å². The van der Waals surface area contributed by atoms with Gasteiger partial charge in [-0.3, -0.25) is 4.90 Å². The van der Waals surface area contributed by atoms with Crippen molar-refractivity contribution < 1.29 is 4.39 Å². The Balaban J connectivity index is 2.21. The summed E-state index contributed by atoms with van der Waals surface area (Å²) in [7, 11) is 0. The smallest absolute Gasteiger partial charge is 0.128 e. The average molecular weight is 299 g/mol. The predicted molar refractivity (Wildman–Crippen MR) is 82.4 cm³/mol. The minimum atomic E-state index is -0.208. The third-order valence-electron chi connectivity index (χ3n) is 3.92. The summed E-state index contributed by atoms with van der Waals surface area (Å²) in [5.41, 5.74) is 6.58. The quantitative estimate of drug-likeness (QED) is 0.825. The van der Waals surface area contributed by atoms with Crippen molar-refractivity contribution in [3.8, 4) is 0 Å². The van der Waals surface area contributed by atoms with E-state index in [2.05, 4.69) is 18.7 Å². The fourth-order valence-corrected chi connectivity index (χ4v) is 2.80. The first kappa shape index (κ1) is 15.7. The van der Waals surface area contributed by atoms with Crippen LogP contribution >= 0.6 is 11.6 Å². The van der Waals surface area contributed by atoms with Crippen molar-refractivity contribution in [3.63, 3.8) is 0 Å². The molecule has 1 aliphatic carbocycles. The summed E-state index contributed by atoms with van der Waals surface area (Å²) in [5, 5.41) is 0.569. The van der Waals surface area contributed by atoms with Crippen LogP contribution < -0.4 is 5.73 Å². The normalized spacial score (nSPS) is 16.9. The van der Waals surface area contributed by atoms with Gasteiger partial charge >= 0.3 is 0 Å². The van der Waals surface area contributed by atoms with Gasteiger partial charge in [-0.25, -0.2) is 4.39 Å². The number of hydrogen-bond acceptors (Lipinski definition) is 2. The van der Waals surface area contributed by atoms with Crippen LogP contribution in [-0.4, -0.2) is 24.0 Å². The monoisotopic (exact) mass is 298 g/mol. The highest BCUT2D eigenvalue weighted by Gasteiger charge is 2.34. The Morgan fingerprint density at radius 2 is 2.10 bits per heavy atom. The van der Waals surface area contributed by atoms with Crippen molar-refractivity contribution in [2.24, 2.45) is 11.7 Å². The van der Waals surface area contributed by atoms with Crippen molar-refractivity contribution >= 4 is 11.6 Å². The molecule has 2 N–H and O–H groups in total. The lowest BCUT2D eigenvalue weighted by atomic mass is 10.0. The zero-order chi connectivity index (χ0) is 14.7. The lowest BCUT2D eigenvalue weighted by Gasteiger charge is -2.32. The Morgan fingerprint density at radius 1 is 1.40 bits per heavy atom. The highest BCUT2D eigenvalue weighted by atomic mass is 35.5. The molecule has 0 aliphatic heterocycles. The van der Waals surface area contributed by atoms with Gasteiger partial charge in [0.05, 0.1) is 6.04 Å². The van der Waals surface area contributed by atoms with E-state index in [0.29, 0.717) is 29.1 Å². The van der Waals surface area contributed by atoms with Gasteiger partial charge < -0.3 is 5.73 Å². The topological polar surface area (TPSA) is 29.3 Å². The van der Waals surface area contributed by atoms with Crippen molar-refractivity contribution in [1.29, 1.82) is 0 Å². The fourth-order valence-electron chi connectivity index (χ4n) is 2.62. The lowest BCUT2D eigenvalue weighted by Crippen LogP contribution is -2.37. The molecule has 0 heterocycles. The first-order chi connectivity index (χ1) is 9.52. The summed E-state index contributed by atoms with van der Waals surface area (Å²) < 4.78 is 14.1. The molecule has 1 unspecified atom stereocenters. The summed E-state index contributed by atoms with van der Waals surface area (Å²) in [6.07, 6.45) is 3.49. The van der Waals surface area contributed by atoms with Crippen LogP contribution in [-0.2, 0) is 0 Å². The molecule has 0 bridgehead atoms. The summed E-state index contributed by atoms with van der Waals surface area (Å²) in [4.78, 5) is 2.37. The van der Waals surface area contributed by atoms with E-state index >= 15 is 0 Å². The van der Waals surface area contributed by atoms with Crippen LogP contribution in [0.15, 0.2) is 18.2 Å². The zero-order valence-electron chi connectivity index (χ0n) is 12.3. The van der Waals surface area contributed by atoms with Crippen molar-refractivity contribution in [2.45, 2.75) is 45.2 Å². The SMILES string of the molecule is CC(C)CCN(C1CC1)C(CN)c1cc(Cl)ccc1F. The summed E-state index contributed by atoms with van der Waals surface area (Å²) >= 11 is 6.02. The molecule has 1 aromatic rings.